The minimum Gasteiger partial charge on any atom is -0.237 e. The summed E-state index contributed by atoms with van der Waals surface area (Å²) < 4.78 is 1.24. The van der Waals surface area contributed by atoms with E-state index in [1.165, 1.54) is 9.13 Å². The van der Waals surface area contributed by atoms with Crippen molar-refractivity contribution in [3.05, 3.63) is 33.4 Å². The average molecular weight is 261 g/mol. The van der Waals surface area contributed by atoms with Crippen molar-refractivity contribution in [3.8, 4) is 0 Å². The molecule has 0 saturated carbocycles. The summed E-state index contributed by atoms with van der Waals surface area (Å²) in [5, 5.41) is 10.2. The van der Waals surface area contributed by atoms with Gasteiger partial charge in [0.2, 0.25) is 0 Å². The molecule has 0 aliphatic heterocycles. The smallest absolute Gasteiger partial charge is 0.0825 e. The van der Waals surface area contributed by atoms with Crippen molar-refractivity contribution in [1.82, 2.24) is 0 Å². The molecule has 0 N–H and O–H groups in total. The second-order valence-electron chi connectivity index (χ2n) is 2.44. The third-order valence-electron chi connectivity index (χ3n) is 1.50. The Hall–Kier alpha value is -0.0900. The zero-order valence-corrected chi connectivity index (χ0v) is 8.37. The molecule has 0 amide bonds. The Labute approximate surface area is 80.6 Å². The van der Waals surface area contributed by atoms with Crippen LogP contribution in [0.4, 0.5) is 0 Å². The van der Waals surface area contributed by atoms with Gasteiger partial charge in [0.15, 0.2) is 0 Å². The topological polar surface area (TPSA) is 19.9 Å². The van der Waals surface area contributed by atoms with Crippen molar-refractivity contribution in [2.75, 3.05) is 6.61 Å². The molecule has 0 spiro atoms. The van der Waals surface area contributed by atoms with Crippen molar-refractivity contribution >= 4 is 22.6 Å². The van der Waals surface area contributed by atoms with Gasteiger partial charge in [-0.3, -0.25) is 0 Å². The molecule has 0 aliphatic carbocycles. The molecule has 0 saturated heterocycles. The van der Waals surface area contributed by atoms with Crippen LogP contribution in [0.3, 0.4) is 0 Å². The maximum atomic E-state index is 10.2. The number of aryl methyl sites for hydroxylation is 1. The van der Waals surface area contributed by atoms with Crippen molar-refractivity contribution in [3.63, 3.8) is 0 Å². The van der Waals surface area contributed by atoms with Crippen molar-refractivity contribution < 1.29 is 5.11 Å². The van der Waals surface area contributed by atoms with Crippen LogP contribution in [-0.4, -0.2) is 6.61 Å². The lowest BCUT2D eigenvalue weighted by Crippen LogP contribution is -1.88. The second kappa shape index (κ2) is 4.72. The Kier molecular flexibility index (Phi) is 3.86. The van der Waals surface area contributed by atoms with Gasteiger partial charge < -0.3 is 0 Å². The van der Waals surface area contributed by atoms with Crippen LogP contribution in [0.1, 0.15) is 12.0 Å². The third kappa shape index (κ3) is 3.20. The van der Waals surface area contributed by atoms with Crippen molar-refractivity contribution in [2.24, 2.45) is 0 Å². The lowest BCUT2D eigenvalue weighted by atomic mass is 10.1. The normalized spacial score (nSPS) is 10.0. The fraction of sp³-hybridized carbons (Fsp3) is 0.333. The van der Waals surface area contributed by atoms with Crippen LogP contribution in [0, 0.1) is 3.57 Å². The Morgan fingerprint density at radius 2 is 2.18 bits per heavy atom. The Bertz CT molecular complexity index is 223. The third-order valence-corrected chi connectivity index (χ3v) is 2.17. The first-order valence-corrected chi connectivity index (χ1v) is 4.73. The van der Waals surface area contributed by atoms with E-state index in [9.17, 15) is 5.11 Å². The van der Waals surface area contributed by atoms with Gasteiger partial charge in [-0.2, -0.15) is 0 Å². The summed E-state index contributed by atoms with van der Waals surface area (Å²) in [6, 6.07) is 8.28. The van der Waals surface area contributed by atoms with Gasteiger partial charge in [-0.15, -0.1) is 0 Å². The fourth-order valence-electron chi connectivity index (χ4n) is 0.969. The molecule has 0 atom stereocenters. The monoisotopic (exact) mass is 261 g/mol. The molecule has 11 heavy (non-hydrogen) atoms. The van der Waals surface area contributed by atoms with Gasteiger partial charge in [-0.25, -0.2) is 5.11 Å². The van der Waals surface area contributed by atoms with E-state index in [-0.39, 0.29) is 6.61 Å². The molecular formula is C9H10IO. The molecule has 59 valence electrons. The number of hydrogen-bond acceptors (Lipinski definition) is 0. The number of benzene rings is 1. The quantitative estimate of drug-likeness (QED) is 0.745. The first-order valence-electron chi connectivity index (χ1n) is 3.65. The zero-order chi connectivity index (χ0) is 8.10. The molecule has 0 aliphatic rings. The van der Waals surface area contributed by atoms with E-state index in [2.05, 4.69) is 40.8 Å². The predicted octanol–water partition coefficient (Wildman–Crippen LogP) is 2.65. The summed E-state index contributed by atoms with van der Waals surface area (Å²) >= 11 is 2.28. The molecule has 0 aromatic heterocycles. The van der Waals surface area contributed by atoms with Crippen LogP contribution in [-0.2, 0) is 11.5 Å². The summed E-state index contributed by atoms with van der Waals surface area (Å²) in [6.45, 7) is 0.0332. The zero-order valence-electron chi connectivity index (χ0n) is 6.22. The van der Waals surface area contributed by atoms with E-state index >= 15 is 0 Å². The van der Waals surface area contributed by atoms with Crippen molar-refractivity contribution in [1.29, 1.82) is 0 Å². The van der Waals surface area contributed by atoms with Crippen LogP contribution < -0.4 is 0 Å². The van der Waals surface area contributed by atoms with Gasteiger partial charge in [0.25, 0.3) is 0 Å². The number of halogens is 1. The van der Waals surface area contributed by atoms with Crippen LogP contribution in [0.15, 0.2) is 24.3 Å². The summed E-state index contributed by atoms with van der Waals surface area (Å²) in [5.41, 5.74) is 1.27. The maximum absolute atomic E-state index is 10.2. The highest BCUT2D eigenvalue weighted by molar-refractivity contribution is 14.1. The standard InChI is InChI=1S/C9H10IO/c10-9-5-1-3-8(7-9)4-2-6-11/h1,3,5,7H,2,4,6H2. The van der Waals surface area contributed by atoms with E-state index in [0.29, 0.717) is 0 Å². The molecule has 1 nitrogen and oxygen atoms in total. The van der Waals surface area contributed by atoms with E-state index < -0.39 is 0 Å². The molecule has 1 rings (SSSR count). The highest BCUT2D eigenvalue weighted by Gasteiger charge is 1.92. The number of hydrogen-bond donors (Lipinski definition) is 0. The van der Waals surface area contributed by atoms with Gasteiger partial charge in [-0.1, -0.05) is 12.1 Å². The van der Waals surface area contributed by atoms with Gasteiger partial charge >= 0.3 is 0 Å². The summed E-state index contributed by atoms with van der Waals surface area (Å²) in [4.78, 5) is 0. The largest absolute Gasteiger partial charge is 0.237 e. The van der Waals surface area contributed by atoms with Crippen LogP contribution in [0.5, 0.6) is 0 Å². The molecule has 2 heteroatoms. The van der Waals surface area contributed by atoms with E-state index in [4.69, 9.17) is 0 Å². The molecule has 1 aromatic carbocycles. The molecule has 0 heterocycles. The summed E-state index contributed by atoms with van der Waals surface area (Å²) in [6.07, 6.45) is 1.67. The van der Waals surface area contributed by atoms with Crippen LogP contribution in [0.2, 0.25) is 0 Å². The minimum atomic E-state index is 0.0332. The molecule has 0 bridgehead atoms. The molecular weight excluding hydrogens is 251 g/mol. The Morgan fingerprint density at radius 1 is 1.36 bits per heavy atom. The van der Waals surface area contributed by atoms with E-state index in [1.54, 1.807) is 0 Å². The molecule has 1 radical (unpaired) electrons. The van der Waals surface area contributed by atoms with Gasteiger partial charge in [-0.05, 0) is 53.1 Å². The summed E-state index contributed by atoms with van der Waals surface area (Å²) in [7, 11) is 0. The van der Waals surface area contributed by atoms with E-state index in [0.717, 1.165) is 12.8 Å². The summed E-state index contributed by atoms with van der Waals surface area (Å²) in [5.74, 6) is 0. The van der Waals surface area contributed by atoms with Crippen molar-refractivity contribution in [2.45, 2.75) is 12.8 Å². The fourth-order valence-corrected chi connectivity index (χ4v) is 1.58. The molecule has 1 aromatic rings. The molecule has 0 unspecified atom stereocenters. The lowest BCUT2D eigenvalue weighted by molar-refractivity contribution is 0.189. The first kappa shape index (κ1) is 9.00. The maximum Gasteiger partial charge on any atom is 0.0825 e. The molecule has 0 fully saturated rings. The first-order chi connectivity index (χ1) is 5.33. The Morgan fingerprint density at radius 3 is 2.82 bits per heavy atom. The highest BCUT2D eigenvalue weighted by Crippen LogP contribution is 2.09. The van der Waals surface area contributed by atoms with E-state index in [1.807, 2.05) is 6.07 Å². The van der Waals surface area contributed by atoms with Gasteiger partial charge in [0, 0.05) is 3.57 Å². The second-order valence-corrected chi connectivity index (χ2v) is 3.68. The SMILES string of the molecule is [O]CCCc1cccc(I)c1. The van der Waals surface area contributed by atoms with Gasteiger partial charge in [0.1, 0.15) is 0 Å². The minimum absolute atomic E-state index is 0.0332. The highest BCUT2D eigenvalue weighted by atomic mass is 127. The van der Waals surface area contributed by atoms with Gasteiger partial charge in [0.05, 0.1) is 6.61 Å². The lowest BCUT2D eigenvalue weighted by Gasteiger charge is -1.98. The predicted molar refractivity (Wildman–Crippen MR) is 53.0 cm³/mol. The van der Waals surface area contributed by atoms with Crippen LogP contribution in [0.25, 0.3) is 0 Å². The van der Waals surface area contributed by atoms with Crippen LogP contribution >= 0.6 is 22.6 Å². The Balaban J connectivity index is 2.56. The average Bonchev–Trinajstić information content (AvgIpc) is 2.01. The number of rotatable bonds is 3.